The van der Waals surface area contributed by atoms with Crippen molar-refractivity contribution in [2.24, 2.45) is 0 Å². The van der Waals surface area contributed by atoms with Crippen molar-refractivity contribution in [3.05, 3.63) is 28.0 Å². The van der Waals surface area contributed by atoms with Gasteiger partial charge in [-0.25, -0.2) is 4.39 Å². The summed E-state index contributed by atoms with van der Waals surface area (Å²) in [5.74, 6) is 2.02. The van der Waals surface area contributed by atoms with Crippen molar-refractivity contribution in [2.45, 2.75) is 6.92 Å². The Bertz CT molecular complexity index is 471. The van der Waals surface area contributed by atoms with Gasteiger partial charge in [0, 0.05) is 6.54 Å². The molecule has 0 unspecified atom stereocenters. The highest BCUT2D eigenvalue weighted by Crippen LogP contribution is 2.28. The summed E-state index contributed by atoms with van der Waals surface area (Å²) in [5.41, 5.74) is 0.685. The van der Waals surface area contributed by atoms with Gasteiger partial charge in [-0.05, 0) is 35.0 Å². The minimum absolute atomic E-state index is 0.183. The van der Waals surface area contributed by atoms with Gasteiger partial charge in [-0.1, -0.05) is 5.92 Å². The summed E-state index contributed by atoms with van der Waals surface area (Å²) in [6, 6.07) is 5.05. The molecule has 0 aromatic heterocycles. The first kappa shape index (κ1) is 12.5. The van der Waals surface area contributed by atoms with E-state index in [0.29, 0.717) is 18.8 Å². The Balaban J connectivity index is 3.22. The number of anilines is 1. The van der Waals surface area contributed by atoms with Gasteiger partial charge >= 0.3 is 0 Å². The van der Waals surface area contributed by atoms with Crippen molar-refractivity contribution >= 4 is 21.6 Å². The molecule has 4 heteroatoms. The minimum atomic E-state index is -0.448. The molecule has 0 saturated heterocycles. The largest absolute Gasteiger partial charge is 0.358 e. The van der Waals surface area contributed by atoms with E-state index in [1.165, 1.54) is 0 Å². The van der Waals surface area contributed by atoms with Crippen LogP contribution in [0.25, 0.3) is 0 Å². The second-order valence-corrected chi connectivity index (χ2v) is 3.88. The molecule has 0 saturated carbocycles. The second kappa shape index (κ2) is 5.53. The van der Waals surface area contributed by atoms with Crippen LogP contribution in [0.2, 0.25) is 0 Å². The summed E-state index contributed by atoms with van der Waals surface area (Å²) < 4.78 is 14.1. The fraction of sp³-hybridized carbons (Fsp3) is 0.250. The first-order valence-electron chi connectivity index (χ1n) is 4.72. The Morgan fingerprint density at radius 3 is 2.75 bits per heavy atom. The molecular formula is C12H10BrFN2. The number of hydrogen-bond acceptors (Lipinski definition) is 2. The predicted octanol–water partition coefficient (Wildman–Crippen LogP) is 2.92. The topological polar surface area (TPSA) is 27.0 Å². The third kappa shape index (κ3) is 2.35. The first-order valence-corrected chi connectivity index (χ1v) is 5.51. The number of nitrogens with zero attached hydrogens (tertiary/aromatic N) is 2. The highest BCUT2D eigenvalue weighted by molar-refractivity contribution is 9.10. The van der Waals surface area contributed by atoms with Gasteiger partial charge in [0.1, 0.15) is 6.07 Å². The standard InChI is InChI=1S/C12H10BrFN2/c1-3-7-16(4-2)10-6-5-9(8-15)11(13)12(10)14/h1,5-6H,4,7H2,2H3. The molecule has 0 spiro atoms. The molecule has 0 bridgehead atoms. The quantitative estimate of drug-likeness (QED) is 0.796. The Morgan fingerprint density at radius 1 is 1.56 bits per heavy atom. The second-order valence-electron chi connectivity index (χ2n) is 3.09. The molecule has 82 valence electrons. The van der Waals surface area contributed by atoms with Gasteiger partial charge in [0.25, 0.3) is 0 Å². The van der Waals surface area contributed by atoms with Gasteiger partial charge in [-0.2, -0.15) is 5.26 Å². The molecule has 0 atom stereocenters. The smallest absolute Gasteiger partial charge is 0.162 e. The zero-order chi connectivity index (χ0) is 12.1. The van der Waals surface area contributed by atoms with Gasteiger partial charge in [0.05, 0.1) is 22.3 Å². The molecule has 0 aliphatic heterocycles. The molecule has 2 nitrogen and oxygen atoms in total. The summed E-state index contributed by atoms with van der Waals surface area (Å²) in [7, 11) is 0. The monoisotopic (exact) mass is 280 g/mol. The lowest BCUT2D eigenvalue weighted by Gasteiger charge is -2.21. The molecular weight excluding hydrogens is 271 g/mol. The van der Waals surface area contributed by atoms with E-state index in [0.717, 1.165) is 0 Å². The SMILES string of the molecule is C#CCN(CC)c1ccc(C#N)c(Br)c1F. The Labute approximate surface area is 103 Å². The number of hydrogen-bond donors (Lipinski definition) is 0. The third-order valence-corrected chi connectivity index (χ3v) is 2.96. The van der Waals surface area contributed by atoms with Crippen molar-refractivity contribution in [3.63, 3.8) is 0 Å². The van der Waals surface area contributed by atoms with Crippen LogP contribution in [-0.4, -0.2) is 13.1 Å². The molecule has 1 aromatic rings. The zero-order valence-electron chi connectivity index (χ0n) is 8.80. The Kier molecular flexibility index (Phi) is 4.34. The summed E-state index contributed by atoms with van der Waals surface area (Å²) in [6.07, 6.45) is 5.21. The fourth-order valence-electron chi connectivity index (χ4n) is 1.35. The molecule has 1 aromatic carbocycles. The highest BCUT2D eigenvalue weighted by atomic mass is 79.9. The average molecular weight is 281 g/mol. The zero-order valence-corrected chi connectivity index (χ0v) is 10.4. The van der Waals surface area contributed by atoms with Crippen LogP contribution in [0.1, 0.15) is 12.5 Å². The molecule has 0 amide bonds. The summed E-state index contributed by atoms with van der Waals surface area (Å²) in [6.45, 7) is 2.84. The number of rotatable bonds is 3. The molecule has 0 aliphatic rings. The minimum Gasteiger partial charge on any atom is -0.358 e. The average Bonchev–Trinajstić information content (AvgIpc) is 2.30. The molecule has 0 radical (unpaired) electrons. The molecule has 16 heavy (non-hydrogen) atoms. The van der Waals surface area contributed by atoms with E-state index in [-0.39, 0.29) is 10.0 Å². The molecule has 0 heterocycles. The van der Waals surface area contributed by atoms with Gasteiger partial charge < -0.3 is 4.90 Å². The van der Waals surface area contributed by atoms with Gasteiger partial charge in [0.15, 0.2) is 5.82 Å². The van der Waals surface area contributed by atoms with Crippen molar-refractivity contribution in [2.75, 3.05) is 18.0 Å². The summed E-state index contributed by atoms with van der Waals surface area (Å²) in [5, 5.41) is 8.74. The van der Waals surface area contributed by atoms with E-state index < -0.39 is 5.82 Å². The lowest BCUT2D eigenvalue weighted by Crippen LogP contribution is -2.24. The van der Waals surface area contributed by atoms with Crippen LogP contribution in [0.5, 0.6) is 0 Å². The van der Waals surface area contributed by atoms with Crippen LogP contribution in [0.3, 0.4) is 0 Å². The van der Waals surface area contributed by atoms with Crippen LogP contribution < -0.4 is 4.90 Å². The maximum Gasteiger partial charge on any atom is 0.162 e. The number of benzene rings is 1. The summed E-state index contributed by atoms with van der Waals surface area (Å²) in [4.78, 5) is 1.72. The number of halogens is 2. The van der Waals surface area contributed by atoms with Crippen LogP contribution in [0.15, 0.2) is 16.6 Å². The fourth-order valence-corrected chi connectivity index (χ4v) is 1.77. The predicted molar refractivity (Wildman–Crippen MR) is 65.5 cm³/mol. The van der Waals surface area contributed by atoms with Gasteiger partial charge in [-0.15, -0.1) is 6.42 Å². The maximum absolute atomic E-state index is 13.9. The van der Waals surface area contributed by atoms with Crippen molar-refractivity contribution in [1.29, 1.82) is 5.26 Å². The van der Waals surface area contributed by atoms with Crippen molar-refractivity contribution < 1.29 is 4.39 Å². The van der Waals surface area contributed by atoms with Gasteiger partial charge in [0.2, 0.25) is 0 Å². The normalized spacial score (nSPS) is 9.31. The third-order valence-electron chi connectivity index (χ3n) is 2.19. The van der Waals surface area contributed by atoms with Crippen molar-refractivity contribution in [3.8, 4) is 18.4 Å². The first-order chi connectivity index (χ1) is 7.65. The Hall–Kier alpha value is -1.52. The molecule has 1 rings (SSSR count). The van der Waals surface area contributed by atoms with E-state index in [1.54, 1.807) is 17.0 Å². The van der Waals surface area contributed by atoms with E-state index >= 15 is 0 Å². The molecule has 0 fully saturated rings. The van der Waals surface area contributed by atoms with E-state index in [9.17, 15) is 4.39 Å². The lowest BCUT2D eigenvalue weighted by atomic mass is 10.2. The van der Waals surface area contributed by atoms with Crippen LogP contribution >= 0.6 is 15.9 Å². The summed E-state index contributed by atoms with van der Waals surface area (Å²) >= 11 is 3.06. The van der Waals surface area contributed by atoms with Crippen LogP contribution in [-0.2, 0) is 0 Å². The maximum atomic E-state index is 13.9. The van der Waals surface area contributed by atoms with Crippen LogP contribution in [0.4, 0.5) is 10.1 Å². The molecule has 0 N–H and O–H groups in total. The van der Waals surface area contributed by atoms with Gasteiger partial charge in [-0.3, -0.25) is 0 Å². The Morgan fingerprint density at radius 2 is 2.25 bits per heavy atom. The lowest BCUT2D eigenvalue weighted by molar-refractivity contribution is 0.615. The molecule has 0 aliphatic carbocycles. The highest BCUT2D eigenvalue weighted by Gasteiger charge is 2.14. The number of nitriles is 1. The van der Waals surface area contributed by atoms with Crippen LogP contribution in [0, 0.1) is 29.5 Å². The van der Waals surface area contributed by atoms with Crippen molar-refractivity contribution in [1.82, 2.24) is 0 Å². The number of terminal acetylenes is 1. The van der Waals surface area contributed by atoms with E-state index in [2.05, 4.69) is 21.9 Å². The van der Waals surface area contributed by atoms with E-state index in [4.69, 9.17) is 11.7 Å². The van der Waals surface area contributed by atoms with E-state index in [1.807, 2.05) is 13.0 Å².